The predicted octanol–water partition coefficient (Wildman–Crippen LogP) is 0.192. The van der Waals surface area contributed by atoms with Gasteiger partial charge in [0.05, 0.1) is 0 Å². The zero-order valence-corrected chi connectivity index (χ0v) is 12.3. The van der Waals surface area contributed by atoms with Crippen LogP contribution in [-0.4, -0.2) is 44.9 Å². The molecule has 0 aromatic rings. The molecule has 3 fully saturated rings. The molecule has 0 radical (unpaired) electrons. The van der Waals surface area contributed by atoms with Gasteiger partial charge in [-0.2, -0.15) is 17.4 Å². The van der Waals surface area contributed by atoms with Crippen LogP contribution in [0.15, 0.2) is 0 Å². The van der Waals surface area contributed by atoms with Gasteiger partial charge in [-0.25, -0.2) is 0 Å². The molecule has 0 aromatic carbocycles. The van der Waals surface area contributed by atoms with Crippen molar-refractivity contribution in [3.63, 3.8) is 0 Å². The summed E-state index contributed by atoms with van der Waals surface area (Å²) >= 11 is 0. The summed E-state index contributed by atoms with van der Waals surface area (Å²) in [5.41, 5.74) is 0. The van der Waals surface area contributed by atoms with Crippen molar-refractivity contribution in [3.8, 4) is 0 Å². The highest BCUT2D eigenvalue weighted by molar-refractivity contribution is 7.87. The van der Waals surface area contributed by atoms with E-state index in [2.05, 4.69) is 17.0 Å². The third-order valence-corrected chi connectivity index (χ3v) is 6.07. The summed E-state index contributed by atoms with van der Waals surface area (Å²) in [5, 5.41) is 3.27. The van der Waals surface area contributed by atoms with Gasteiger partial charge in [0.1, 0.15) is 0 Å². The molecule has 2 atom stereocenters. The van der Waals surface area contributed by atoms with Crippen LogP contribution in [0.2, 0.25) is 0 Å². The van der Waals surface area contributed by atoms with Gasteiger partial charge in [0.2, 0.25) is 0 Å². The molecule has 2 unspecified atom stereocenters. The fourth-order valence-electron chi connectivity index (χ4n) is 3.06. The minimum atomic E-state index is -3.23. The summed E-state index contributed by atoms with van der Waals surface area (Å²) < 4.78 is 28.8. The monoisotopic (exact) mass is 295 g/mol. The zero-order chi connectivity index (χ0) is 12.0. The number of rotatable bonds is 3. The quantitative estimate of drug-likeness (QED) is 0.781. The Morgan fingerprint density at radius 3 is 2.28 bits per heavy atom. The van der Waals surface area contributed by atoms with Gasteiger partial charge in [-0.1, -0.05) is 6.92 Å². The largest absolute Gasteiger partial charge is 0.316 e. The van der Waals surface area contributed by atoms with E-state index in [-0.39, 0.29) is 18.4 Å². The van der Waals surface area contributed by atoms with E-state index in [0.29, 0.717) is 30.8 Å². The number of hydrogen-bond acceptors (Lipinski definition) is 3. The van der Waals surface area contributed by atoms with E-state index in [1.54, 1.807) is 4.31 Å². The number of hydrogen-bond donors (Lipinski definition) is 2. The van der Waals surface area contributed by atoms with Crippen molar-refractivity contribution >= 4 is 22.6 Å². The maximum Gasteiger partial charge on any atom is 0.279 e. The summed E-state index contributed by atoms with van der Waals surface area (Å²) in [6.07, 6.45) is 1.97. The van der Waals surface area contributed by atoms with Crippen LogP contribution in [0.5, 0.6) is 0 Å². The lowest BCUT2D eigenvalue weighted by Gasteiger charge is -2.29. The van der Waals surface area contributed by atoms with E-state index in [4.69, 9.17) is 0 Å². The van der Waals surface area contributed by atoms with Crippen LogP contribution >= 0.6 is 12.4 Å². The molecule has 2 N–H and O–H groups in total. The van der Waals surface area contributed by atoms with E-state index in [0.717, 1.165) is 25.9 Å². The second-order valence-corrected chi connectivity index (χ2v) is 7.42. The SMILES string of the molecule is CC1CCN(S(=O)(=O)NC2C3CNCC32)CC1.Cl. The highest BCUT2D eigenvalue weighted by Crippen LogP contribution is 2.42. The fraction of sp³-hybridized carbons (Fsp3) is 1.00. The van der Waals surface area contributed by atoms with Crippen LogP contribution in [0, 0.1) is 17.8 Å². The second kappa shape index (κ2) is 5.25. The van der Waals surface area contributed by atoms with Crippen molar-refractivity contribution in [3.05, 3.63) is 0 Å². The Hall–Kier alpha value is 0.120. The lowest BCUT2D eigenvalue weighted by molar-refractivity contribution is 0.284. The van der Waals surface area contributed by atoms with Crippen LogP contribution in [0.1, 0.15) is 19.8 Å². The first kappa shape index (κ1) is 14.5. The Kier molecular flexibility index (Phi) is 4.23. The third-order valence-electron chi connectivity index (χ3n) is 4.46. The number of nitrogens with zero attached hydrogens (tertiary/aromatic N) is 1. The molecule has 0 aromatic heterocycles. The van der Waals surface area contributed by atoms with Crippen LogP contribution in [0.4, 0.5) is 0 Å². The minimum absolute atomic E-state index is 0. The van der Waals surface area contributed by atoms with Gasteiger partial charge in [0, 0.05) is 19.1 Å². The highest BCUT2D eigenvalue weighted by Gasteiger charge is 2.54. The molecule has 3 aliphatic rings. The van der Waals surface area contributed by atoms with Gasteiger partial charge >= 0.3 is 0 Å². The molecule has 0 amide bonds. The van der Waals surface area contributed by atoms with Gasteiger partial charge < -0.3 is 5.32 Å². The molecular formula is C11H22ClN3O2S. The fourth-order valence-corrected chi connectivity index (χ4v) is 4.60. The summed E-state index contributed by atoms with van der Waals surface area (Å²) in [7, 11) is -3.23. The van der Waals surface area contributed by atoms with E-state index in [9.17, 15) is 8.42 Å². The van der Waals surface area contributed by atoms with Crippen molar-refractivity contribution in [2.24, 2.45) is 17.8 Å². The molecular weight excluding hydrogens is 274 g/mol. The molecule has 2 heterocycles. The Balaban J connectivity index is 0.00000120. The number of nitrogens with one attached hydrogen (secondary N) is 2. The molecule has 2 saturated heterocycles. The highest BCUT2D eigenvalue weighted by atomic mass is 35.5. The lowest BCUT2D eigenvalue weighted by atomic mass is 10.0. The summed E-state index contributed by atoms with van der Waals surface area (Å²) in [5.74, 6) is 1.73. The average molecular weight is 296 g/mol. The first-order chi connectivity index (χ1) is 8.08. The van der Waals surface area contributed by atoms with Gasteiger partial charge in [-0.05, 0) is 43.7 Å². The summed E-state index contributed by atoms with van der Waals surface area (Å²) in [4.78, 5) is 0. The lowest BCUT2D eigenvalue weighted by Crippen LogP contribution is -2.46. The zero-order valence-electron chi connectivity index (χ0n) is 10.6. The molecule has 3 rings (SSSR count). The maximum absolute atomic E-state index is 12.2. The number of halogens is 1. The molecule has 5 nitrogen and oxygen atoms in total. The Bertz CT molecular complexity index is 385. The third kappa shape index (κ3) is 2.67. The molecule has 18 heavy (non-hydrogen) atoms. The average Bonchev–Trinajstić information content (AvgIpc) is 2.75. The van der Waals surface area contributed by atoms with E-state index in [1.165, 1.54) is 0 Å². The summed E-state index contributed by atoms with van der Waals surface area (Å²) in [6.45, 7) is 5.48. The van der Waals surface area contributed by atoms with Gasteiger partial charge in [0.25, 0.3) is 10.2 Å². The van der Waals surface area contributed by atoms with Crippen LogP contribution in [-0.2, 0) is 10.2 Å². The molecule has 1 aliphatic carbocycles. The standard InChI is InChI=1S/C11H21N3O2S.ClH/c1-8-2-4-14(5-3-8)17(15,16)13-11-9-6-12-7-10(9)11;/h8-13H,2-7H2,1H3;1H. The molecule has 7 heteroatoms. The topological polar surface area (TPSA) is 61.4 Å². The molecule has 2 aliphatic heterocycles. The summed E-state index contributed by atoms with van der Waals surface area (Å²) in [6, 6.07) is 0.195. The van der Waals surface area contributed by atoms with Crippen molar-refractivity contribution < 1.29 is 8.42 Å². The van der Waals surface area contributed by atoms with Crippen molar-refractivity contribution in [2.75, 3.05) is 26.2 Å². The van der Waals surface area contributed by atoms with E-state index in [1.807, 2.05) is 0 Å². The normalized spacial score (nSPS) is 37.1. The number of fused-ring (bicyclic) bond motifs is 1. The van der Waals surface area contributed by atoms with Crippen LogP contribution in [0.3, 0.4) is 0 Å². The van der Waals surface area contributed by atoms with E-state index < -0.39 is 10.2 Å². The van der Waals surface area contributed by atoms with Gasteiger partial charge in [0.15, 0.2) is 0 Å². The number of piperidine rings is 2. The predicted molar refractivity (Wildman–Crippen MR) is 72.9 cm³/mol. The van der Waals surface area contributed by atoms with E-state index >= 15 is 0 Å². The van der Waals surface area contributed by atoms with Crippen molar-refractivity contribution in [1.82, 2.24) is 14.3 Å². The van der Waals surface area contributed by atoms with Gasteiger partial charge in [-0.15, -0.1) is 12.4 Å². The molecule has 0 bridgehead atoms. The Labute approximate surface area is 115 Å². The maximum atomic E-state index is 12.2. The van der Waals surface area contributed by atoms with Crippen LogP contribution < -0.4 is 10.0 Å². The van der Waals surface area contributed by atoms with Gasteiger partial charge in [-0.3, -0.25) is 0 Å². The first-order valence-electron chi connectivity index (χ1n) is 6.56. The minimum Gasteiger partial charge on any atom is -0.316 e. The Morgan fingerprint density at radius 1 is 1.17 bits per heavy atom. The second-order valence-electron chi connectivity index (χ2n) is 5.72. The molecule has 106 valence electrons. The Morgan fingerprint density at radius 2 is 1.72 bits per heavy atom. The van der Waals surface area contributed by atoms with Crippen LogP contribution in [0.25, 0.3) is 0 Å². The van der Waals surface area contributed by atoms with Crippen molar-refractivity contribution in [1.29, 1.82) is 0 Å². The van der Waals surface area contributed by atoms with Crippen molar-refractivity contribution in [2.45, 2.75) is 25.8 Å². The molecule has 1 saturated carbocycles. The first-order valence-corrected chi connectivity index (χ1v) is 8.00. The molecule has 0 spiro atoms. The smallest absolute Gasteiger partial charge is 0.279 e.